The van der Waals surface area contributed by atoms with Crippen LogP contribution in [0.4, 0.5) is 0 Å². The first-order valence-electron chi connectivity index (χ1n) is 6.34. The summed E-state index contributed by atoms with van der Waals surface area (Å²) in [5, 5.41) is 4.21. The Morgan fingerprint density at radius 2 is 2.00 bits per heavy atom. The molecule has 0 aliphatic carbocycles. The van der Waals surface area contributed by atoms with Gasteiger partial charge in [0.05, 0.1) is 6.20 Å². The standard InChI is InChI=1S/C15H18N2O2/c1-4-17-8-14(7-16-17)10-19-15-11(2)5-13(9-18)6-12(15)3/h5-9H,4,10H2,1-3H3. The van der Waals surface area contributed by atoms with Crippen LogP contribution in [-0.4, -0.2) is 16.1 Å². The summed E-state index contributed by atoms with van der Waals surface area (Å²) in [6, 6.07) is 3.68. The maximum atomic E-state index is 10.8. The first kappa shape index (κ1) is 13.3. The number of aromatic nitrogens is 2. The van der Waals surface area contributed by atoms with Crippen molar-refractivity contribution in [2.75, 3.05) is 0 Å². The Kier molecular flexibility index (Phi) is 4.00. The highest BCUT2D eigenvalue weighted by Gasteiger charge is 2.07. The molecule has 0 saturated carbocycles. The van der Waals surface area contributed by atoms with Gasteiger partial charge in [-0.15, -0.1) is 0 Å². The van der Waals surface area contributed by atoms with E-state index in [0.29, 0.717) is 12.2 Å². The number of hydrogen-bond acceptors (Lipinski definition) is 3. The molecule has 0 unspecified atom stereocenters. The third-order valence-corrected chi connectivity index (χ3v) is 3.01. The van der Waals surface area contributed by atoms with Crippen molar-refractivity contribution in [2.45, 2.75) is 33.9 Å². The summed E-state index contributed by atoms with van der Waals surface area (Å²) in [5.74, 6) is 0.842. The maximum absolute atomic E-state index is 10.8. The molecule has 0 fully saturated rings. The lowest BCUT2D eigenvalue weighted by Gasteiger charge is -2.12. The van der Waals surface area contributed by atoms with E-state index >= 15 is 0 Å². The number of nitrogens with zero attached hydrogens (tertiary/aromatic N) is 2. The molecule has 0 N–H and O–H groups in total. The molecule has 0 saturated heterocycles. The summed E-state index contributed by atoms with van der Waals surface area (Å²) in [5.41, 5.74) is 3.68. The molecule has 0 aliphatic heterocycles. The summed E-state index contributed by atoms with van der Waals surface area (Å²) in [7, 11) is 0. The van der Waals surface area contributed by atoms with Gasteiger partial charge in [0.15, 0.2) is 0 Å². The lowest BCUT2D eigenvalue weighted by Crippen LogP contribution is -1.99. The monoisotopic (exact) mass is 258 g/mol. The van der Waals surface area contributed by atoms with E-state index in [0.717, 1.165) is 35.3 Å². The fraction of sp³-hybridized carbons (Fsp3) is 0.333. The zero-order valence-corrected chi connectivity index (χ0v) is 11.5. The molecule has 1 heterocycles. The van der Waals surface area contributed by atoms with E-state index in [1.165, 1.54) is 0 Å². The Labute approximate surface area is 113 Å². The van der Waals surface area contributed by atoms with Crippen LogP contribution in [0.2, 0.25) is 0 Å². The highest BCUT2D eigenvalue weighted by Crippen LogP contribution is 2.25. The van der Waals surface area contributed by atoms with E-state index in [1.807, 2.05) is 50.0 Å². The fourth-order valence-electron chi connectivity index (χ4n) is 2.09. The van der Waals surface area contributed by atoms with E-state index in [4.69, 9.17) is 4.74 Å². The molecule has 2 rings (SSSR count). The molecule has 4 heteroatoms. The number of aldehydes is 1. The van der Waals surface area contributed by atoms with Gasteiger partial charge in [0.25, 0.3) is 0 Å². The molecule has 0 aliphatic rings. The number of carbonyl (C=O) groups is 1. The van der Waals surface area contributed by atoms with Crippen molar-refractivity contribution >= 4 is 6.29 Å². The molecule has 2 aromatic rings. The SMILES string of the molecule is CCn1cc(COc2c(C)cc(C=O)cc2C)cn1. The number of ether oxygens (including phenoxy) is 1. The first-order valence-corrected chi connectivity index (χ1v) is 6.34. The summed E-state index contributed by atoms with van der Waals surface area (Å²) < 4.78 is 7.71. The van der Waals surface area contributed by atoms with Crippen molar-refractivity contribution in [1.82, 2.24) is 9.78 Å². The summed E-state index contributed by atoms with van der Waals surface area (Å²) >= 11 is 0. The second kappa shape index (κ2) is 5.69. The van der Waals surface area contributed by atoms with E-state index < -0.39 is 0 Å². The topological polar surface area (TPSA) is 44.1 Å². The second-order valence-electron chi connectivity index (χ2n) is 4.59. The zero-order chi connectivity index (χ0) is 13.8. The number of carbonyl (C=O) groups excluding carboxylic acids is 1. The van der Waals surface area contributed by atoms with Crippen LogP contribution in [0.5, 0.6) is 5.75 Å². The molecular weight excluding hydrogens is 240 g/mol. The van der Waals surface area contributed by atoms with Gasteiger partial charge in [-0.25, -0.2) is 0 Å². The minimum Gasteiger partial charge on any atom is -0.488 e. The highest BCUT2D eigenvalue weighted by atomic mass is 16.5. The Hall–Kier alpha value is -2.10. The lowest BCUT2D eigenvalue weighted by molar-refractivity contribution is 0.112. The van der Waals surface area contributed by atoms with Gasteiger partial charge in [0, 0.05) is 23.9 Å². The first-order chi connectivity index (χ1) is 9.13. The molecular formula is C15H18N2O2. The van der Waals surface area contributed by atoms with Crippen LogP contribution in [-0.2, 0) is 13.2 Å². The van der Waals surface area contributed by atoms with Gasteiger partial charge in [0.1, 0.15) is 18.6 Å². The molecule has 1 aromatic heterocycles. The average Bonchev–Trinajstić information content (AvgIpc) is 2.85. The molecule has 0 amide bonds. The van der Waals surface area contributed by atoms with Gasteiger partial charge in [0.2, 0.25) is 0 Å². The molecule has 0 bridgehead atoms. The maximum Gasteiger partial charge on any atom is 0.150 e. The summed E-state index contributed by atoms with van der Waals surface area (Å²) in [4.78, 5) is 10.8. The smallest absolute Gasteiger partial charge is 0.150 e. The van der Waals surface area contributed by atoms with Crippen molar-refractivity contribution in [3.63, 3.8) is 0 Å². The lowest BCUT2D eigenvalue weighted by atomic mass is 10.1. The van der Waals surface area contributed by atoms with Crippen LogP contribution in [0.25, 0.3) is 0 Å². The third-order valence-electron chi connectivity index (χ3n) is 3.01. The van der Waals surface area contributed by atoms with Gasteiger partial charge >= 0.3 is 0 Å². The molecule has 0 radical (unpaired) electrons. The highest BCUT2D eigenvalue weighted by molar-refractivity contribution is 5.76. The van der Waals surface area contributed by atoms with E-state index in [9.17, 15) is 4.79 Å². The number of rotatable bonds is 5. The number of benzene rings is 1. The number of hydrogen-bond donors (Lipinski definition) is 0. The predicted molar refractivity (Wildman–Crippen MR) is 73.5 cm³/mol. The predicted octanol–water partition coefficient (Wildman–Crippen LogP) is 2.91. The minimum atomic E-state index is 0.488. The Balaban J connectivity index is 2.13. The molecule has 100 valence electrons. The fourth-order valence-corrected chi connectivity index (χ4v) is 2.09. The van der Waals surface area contributed by atoms with Gasteiger partial charge in [-0.3, -0.25) is 9.48 Å². The Bertz CT molecular complexity index is 565. The van der Waals surface area contributed by atoms with E-state index in [1.54, 1.807) is 0 Å². The quantitative estimate of drug-likeness (QED) is 0.774. The van der Waals surface area contributed by atoms with E-state index in [2.05, 4.69) is 5.10 Å². The Morgan fingerprint density at radius 3 is 2.53 bits per heavy atom. The number of aryl methyl sites for hydroxylation is 3. The molecule has 0 atom stereocenters. The third kappa shape index (κ3) is 3.02. The molecule has 0 spiro atoms. The van der Waals surface area contributed by atoms with Gasteiger partial charge in [-0.1, -0.05) is 0 Å². The average molecular weight is 258 g/mol. The zero-order valence-electron chi connectivity index (χ0n) is 11.5. The van der Waals surface area contributed by atoms with Crippen LogP contribution in [0.3, 0.4) is 0 Å². The molecule has 4 nitrogen and oxygen atoms in total. The normalized spacial score (nSPS) is 10.5. The summed E-state index contributed by atoms with van der Waals surface area (Å²) in [6.45, 7) is 7.29. The van der Waals surface area contributed by atoms with Crippen molar-refractivity contribution in [3.05, 3.63) is 46.8 Å². The largest absolute Gasteiger partial charge is 0.488 e. The van der Waals surface area contributed by atoms with Crippen LogP contribution < -0.4 is 4.74 Å². The van der Waals surface area contributed by atoms with Crippen molar-refractivity contribution < 1.29 is 9.53 Å². The Morgan fingerprint density at radius 1 is 1.32 bits per heavy atom. The van der Waals surface area contributed by atoms with E-state index in [-0.39, 0.29) is 0 Å². The summed E-state index contributed by atoms with van der Waals surface area (Å²) in [6.07, 6.45) is 4.65. The van der Waals surface area contributed by atoms with Gasteiger partial charge in [-0.2, -0.15) is 5.10 Å². The van der Waals surface area contributed by atoms with Gasteiger partial charge in [-0.05, 0) is 44.0 Å². The van der Waals surface area contributed by atoms with Crippen molar-refractivity contribution in [2.24, 2.45) is 0 Å². The van der Waals surface area contributed by atoms with Crippen LogP contribution >= 0.6 is 0 Å². The van der Waals surface area contributed by atoms with Crippen molar-refractivity contribution in [1.29, 1.82) is 0 Å². The van der Waals surface area contributed by atoms with Crippen molar-refractivity contribution in [3.8, 4) is 5.75 Å². The molecule has 19 heavy (non-hydrogen) atoms. The molecule has 1 aromatic carbocycles. The van der Waals surface area contributed by atoms with Crippen LogP contribution in [0.15, 0.2) is 24.5 Å². The second-order valence-corrected chi connectivity index (χ2v) is 4.59. The van der Waals surface area contributed by atoms with Gasteiger partial charge < -0.3 is 4.74 Å². The van der Waals surface area contributed by atoms with Crippen LogP contribution in [0, 0.1) is 13.8 Å². The minimum absolute atomic E-state index is 0.488. The van der Waals surface area contributed by atoms with Crippen LogP contribution in [0.1, 0.15) is 34.0 Å².